The summed E-state index contributed by atoms with van der Waals surface area (Å²) in [5, 5.41) is 3.98. The standard InChI is InChI=1S/C15H21N3O/c1-10-4-5-13-12(6-10)11(8-17-13)7-14(19)18-9-15(2,3)16/h4-6,8,17H,7,9,16H2,1-3H3,(H,18,19). The molecule has 0 aliphatic carbocycles. The lowest BCUT2D eigenvalue weighted by atomic mass is 10.1. The first kappa shape index (κ1) is 13.6. The molecule has 0 bridgehead atoms. The van der Waals surface area contributed by atoms with Crippen molar-refractivity contribution in [2.75, 3.05) is 6.54 Å². The zero-order valence-corrected chi connectivity index (χ0v) is 11.7. The quantitative estimate of drug-likeness (QED) is 0.784. The summed E-state index contributed by atoms with van der Waals surface area (Å²) in [6.07, 6.45) is 2.27. The lowest BCUT2D eigenvalue weighted by Gasteiger charge is -2.18. The van der Waals surface area contributed by atoms with Crippen LogP contribution < -0.4 is 11.1 Å². The van der Waals surface area contributed by atoms with Crippen LogP contribution in [0.4, 0.5) is 0 Å². The topological polar surface area (TPSA) is 70.9 Å². The van der Waals surface area contributed by atoms with Crippen LogP contribution in [-0.4, -0.2) is 23.0 Å². The maximum Gasteiger partial charge on any atom is 0.224 e. The zero-order valence-electron chi connectivity index (χ0n) is 11.7. The Morgan fingerprint density at radius 2 is 2.16 bits per heavy atom. The molecule has 1 aromatic carbocycles. The van der Waals surface area contributed by atoms with Crippen LogP contribution in [-0.2, 0) is 11.2 Å². The van der Waals surface area contributed by atoms with E-state index < -0.39 is 0 Å². The number of nitrogens with one attached hydrogen (secondary N) is 2. The molecular weight excluding hydrogens is 238 g/mol. The Labute approximate surface area is 113 Å². The SMILES string of the molecule is Cc1ccc2[nH]cc(CC(=O)NCC(C)(C)N)c2c1. The number of carbonyl (C=O) groups excluding carboxylic acids is 1. The normalized spacial score (nSPS) is 11.8. The maximum absolute atomic E-state index is 11.9. The minimum absolute atomic E-state index is 0.000862. The van der Waals surface area contributed by atoms with Gasteiger partial charge in [0.25, 0.3) is 0 Å². The second-order valence-corrected chi connectivity index (χ2v) is 5.81. The van der Waals surface area contributed by atoms with Gasteiger partial charge in [0.05, 0.1) is 6.42 Å². The first-order valence-corrected chi connectivity index (χ1v) is 6.47. The van der Waals surface area contributed by atoms with Crippen LogP contribution in [0.2, 0.25) is 0 Å². The van der Waals surface area contributed by atoms with Crippen LogP contribution in [0.15, 0.2) is 24.4 Å². The average molecular weight is 259 g/mol. The fraction of sp³-hybridized carbons (Fsp3) is 0.400. The number of amides is 1. The Morgan fingerprint density at radius 3 is 2.84 bits per heavy atom. The highest BCUT2D eigenvalue weighted by atomic mass is 16.1. The summed E-state index contributed by atoms with van der Waals surface area (Å²) in [4.78, 5) is 15.1. The van der Waals surface area contributed by atoms with Crippen LogP contribution in [0.5, 0.6) is 0 Å². The number of nitrogens with two attached hydrogens (primary N) is 1. The Balaban J connectivity index is 2.09. The molecule has 1 heterocycles. The van der Waals surface area contributed by atoms with Gasteiger partial charge in [-0.25, -0.2) is 0 Å². The van der Waals surface area contributed by atoms with Gasteiger partial charge in [0.1, 0.15) is 0 Å². The third kappa shape index (κ3) is 3.58. The largest absolute Gasteiger partial charge is 0.361 e. The van der Waals surface area contributed by atoms with Crippen molar-refractivity contribution in [2.45, 2.75) is 32.7 Å². The van der Waals surface area contributed by atoms with Gasteiger partial charge in [-0.3, -0.25) is 4.79 Å². The van der Waals surface area contributed by atoms with Gasteiger partial charge in [-0.1, -0.05) is 11.6 Å². The molecule has 0 saturated heterocycles. The summed E-state index contributed by atoms with van der Waals surface area (Å²) in [7, 11) is 0. The molecular formula is C15H21N3O. The fourth-order valence-electron chi connectivity index (χ4n) is 2.00. The van der Waals surface area contributed by atoms with Crippen LogP contribution in [0, 0.1) is 6.92 Å². The number of benzene rings is 1. The molecule has 4 heteroatoms. The van der Waals surface area contributed by atoms with Crippen molar-refractivity contribution < 1.29 is 4.79 Å². The molecule has 0 aliphatic rings. The molecule has 0 aliphatic heterocycles. The van der Waals surface area contributed by atoms with Gasteiger partial charge in [-0.05, 0) is 38.5 Å². The second-order valence-electron chi connectivity index (χ2n) is 5.81. The van der Waals surface area contributed by atoms with Gasteiger partial charge in [-0.15, -0.1) is 0 Å². The van der Waals surface area contributed by atoms with Crippen LogP contribution in [0.1, 0.15) is 25.0 Å². The first-order chi connectivity index (χ1) is 8.85. The first-order valence-electron chi connectivity index (χ1n) is 6.47. The monoisotopic (exact) mass is 259 g/mol. The van der Waals surface area contributed by atoms with E-state index in [4.69, 9.17) is 5.73 Å². The Bertz CT molecular complexity index is 593. The molecule has 0 atom stereocenters. The number of H-pyrrole nitrogens is 1. The highest BCUT2D eigenvalue weighted by Gasteiger charge is 2.13. The van der Waals surface area contributed by atoms with Crippen molar-refractivity contribution in [2.24, 2.45) is 5.73 Å². The molecule has 0 radical (unpaired) electrons. The molecule has 0 saturated carbocycles. The molecule has 4 N–H and O–H groups in total. The molecule has 102 valence electrons. The number of rotatable bonds is 4. The van der Waals surface area contributed by atoms with Gasteiger partial charge < -0.3 is 16.0 Å². The van der Waals surface area contributed by atoms with Crippen molar-refractivity contribution in [3.8, 4) is 0 Å². The molecule has 2 rings (SSSR count). The third-order valence-corrected chi connectivity index (χ3v) is 3.02. The van der Waals surface area contributed by atoms with E-state index in [1.807, 2.05) is 33.0 Å². The molecule has 0 unspecified atom stereocenters. The van der Waals surface area contributed by atoms with E-state index in [0.717, 1.165) is 16.5 Å². The van der Waals surface area contributed by atoms with Crippen molar-refractivity contribution in [1.82, 2.24) is 10.3 Å². The van der Waals surface area contributed by atoms with E-state index in [1.54, 1.807) is 0 Å². The Hall–Kier alpha value is -1.81. The van der Waals surface area contributed by atoms with Crippen molar-refractivity contribution in [1.29, 1.82) is 0 Å². The second kappa shape index (κ2) is 5.05. The number of fused-ring (bicyclic) bond motifs is 1. The predicted molar refractivity (Wildman–Crippen MR) is 78.0 cm³/mol. The molecule has 0 spiro atoms. The smallest absolute Gasteiger partial charge is 0.224 e. The van der Waals surface area contributed by atoms with Crippen LogP contribution >= 0.6 is 0 Å². The Kier molecular flexibility index (Phi) is 3.62. The molecule has 2 aromatic rings. The van der Waals surface area contributed by atoms with Crippen LogP contribution in [0.3, 0.4) is 0 Å². The number of hydrogen-bond acceptors (Lipinski definition) is 2. The van der Waals surface area contributed by atoms with Gasteiger partial charge in [0, 0.05) is 29.2 Å². The highest BCUT2D eigenvalue weighted by molar-refractivity contribution is 5.89. The van der Waals surface area contributed by atoms with E-state index >= 15 is 0 Å². The minimum atomic E-state index is -0.382. The molecule has 0 fully saturated rings. The van der Waals surface area contributed by atoms with Gasteiger partial charge in [0.15, 0.2) is 0 Å². The lowest BCUT2D eigenvalue weighted by Crippen LogP contribution is -2.45. The van der Waals surface area contributed by atoms with Crippen molar-refractivity contribution >= 4 is 16.8 Å². The fourth-order valence-corrected chi connectivity index (χ4v) is 2.00. The zero-order chi connectivity index (χ0) is 14.0. The molecule has 4 nitrogen and oxygen atoms in total. The van der Waals surface area contributed by atoms with Crippen LogP contribution in [0.25, 0.3) is 10.9 Å². The predicted octanol–water partition coefficient (Wildman–Crippen LogP) is 1.87. The summed E-state index contributed by atoms with van der Waals surface area (Å²) in [6.45, 7) is 6.31. The van der Waals surface area contributed by atoms with Gasteiger partial charge in [-0.2, -0.15) is 0 Å². The third-order valence-electron chi connectivity index (χ3n) is 3.02. The van der Waals surface area contributed by atoms with E-state index in [9.17, 15) is 4.79 Å². The molecule has 1 amide bonds. The molecule has 19 heavy (non-hydrogen) atoms. The number of aromatic nitrogens is 1. The number of aryl methyl sites for hydroxylation is 1. The summed E-state index contributed by atoms with van der Waals surface area (Å²) < 4.78 is 0. The van der Waals surface area contributed by atoms with E-state index in [1.165, 1.54) is 5.56 Å². The average Bonchev–Trinajstić information content (AvgIpc) is 2.68. The van der Waals surface area contributed by atoms with E-state index in [-0.39, 0.29) is 11.4 Å². The number of carbonyl (C=O) groups is 1. The van der Waals surface area contributed by atoms with E-state index in [0.29, 0.717) is 13.0 Å². The number of aromatic amines is 1. The highest BCUT2D eigenvalue weighted by Crippen LogP contribution is 2.20. The van der Waals surface area contributed by atoms with E-state index in [2.05, 4.69) is 22.4 Å². The summed E-state index contributed by atoms with van der Waals surface area (Å²) in [5.41, 5.74) is 8.74. The number of hydrogen-bond donors (Lipinski definition) is 3. The Morgan fingerprint density at radius 1 is 1.42 bits per heavy atom. The molecule has 1 aromatic heterocycles. The van der Waals surface area contributed by atoms with Gasteiger partial charge in [0.2, 0.25) is 5.91 Å². The maximum atomic E-state index is 11.9. The lowest BCUT2D eigenvalue weighted by molar-refractivity contribution is -0.120. The minimum Gasteiger partial charge on any atom is -0.361 e. The summed E-state index contributed by atoms with van der Waals surface area (Å²) >= 11 is 0. The summed E-state index contributed by atoms with van der Waals surface area (Å²) in [5.74, 6) is 0.000862. The van der Waals surface area contributed by atoms with Crippen molar-refractivity contribution in [3.05, 3.63) is 35.5 Å². The van der Waals surface area contributed by atoms with Crippen molar-refractivity contribution in [3.63, 3.8) is 0 Å². The summed E-state index contributed by atoms with van der Waals surface area (Å²) in [6, 6.07) is 6.19. The van der Waals surface area contributed by atoms with Gasteiger partial charge >= 0.3 is 0 Å².